The predicted octanol–water partition coefficient (Wildman–Crippen LogP) is 3.15. The van der Waals surface area contributed by atoms with Crippen LogP contribution in [0.3, 0.4) is 0 Å². The van der Waals surface area contributed by atoms with E-state index in [9.17, 15) is 0 Å². The molecule has 4 aromatic rings. The van der Waals surface area contributed by atoms with Gasteiger partial charge in [0.15, 0.2) is 11.5 Å². The molecule has 0 aliphatic carbocycles. The average Bonchev–Trinajstić information content (AvgIpc) is 3.37. The summed E-state index contributed by atoms with van der Waals surface area (Å²) in [6, 6.07) is 9.62. The predicted molar refractivity (Wildman–Crippen MR) is 107 cm³/mol. The van der Waals surface area contributed by atoms with Crippen molar-refractivity contribution >= 4 is 27.9 Å². The number of imidazole rings is 1. The number of hydrogen-bond donors (Lipinski definition) is 3. The van der Waals surface area contributed by atoms with E-state index in [-0.39, 0.29) is 0 Å². The number of fused-ring (bicyclic) bond motifs is 2. The number of nitrogens with zero attached hydrogens (tertiary/aromatic N) is 4. The van der Waals surface area contributed by atoms with Gasteiger partial charge in [-0.15, -0.1) is 0 Å². The second-order valence-corrected chi connectivity index (χ2v) is 7.27. The Morgan fingerprint density at radius 3 is 2.89 bits per heavy atom. The molecule has 7 heteroatoms. The Kier molecular flexibility index (Phi) is 4.01. The van der Waals surface area contributed by atoms with E-state index in [1.54, 1.807) is 12.7 Å². The smallest absolute Gasteiger partial charge is 0.182 e. The highest BCUT2D eigenvalue weighted by atomic mass is 15.2. The lowest BCUT2D eigenvalue weighted by Crippen LogP contribution is -2.43. The lowest BCUT2D eigenvalue weighted by atomic mass is 10.0. The van der Waals surface area contributed by atoms with E-state index in [0.29, 0.717) is 12.1 Å². The first kappa shape index (κ1) is 16.3. The summed E-state index contributed by atoms with van der Waals surface area (Å²) in [5.41, 5.74) is 4.18. The fourth-order valence-corrected chi connectivity index (χ4v) is 4.04. The third kappa shape index (κ3) is 3.04. The van der Waals surface area contributed by atoms with Gasteiger partial charge < -0.3 is 20.2 Å². The van der Waals surface area contributed by atoms with Gasteiger partial charge in [0.2, 0.25) is 0 Å². The number of hydrogen-bond acceptors (Lipinski definition) is 5. The quantitative estimate of drug-likeness (QED) is 0.520. The van der Waals surface area contributed by atoms with Gasteiger partial charge in [-0.2, -0.15) is 0 Å². The van der Waals surface area contributed by atoms with Gasteiger partial charge in [-0.05, 0) is 48.9 Å². The van der Waals surface area contributed by atoms with Crippen molar-refractivity contribution in [2.45, 2.75) is 31.8 Å². The highest BCUT2D eigenvalue weighted by Crippen LogP contribution is 2.25. The van der Waals surface area contributed by atoms with Crippen LogP contribution in [0.5, 0.6) is 0 Å². The minimum Gasteiger partial charge on any atom is -0.361 e. The maximum Gasteiger partial charge on any atom is 0.182 e. The monoisotopic (exact) mass is 361 g/mol. The molecule has 138 valence electrons. The molecule has 1 aliphatic heterocycles. The summed E-state index contributed by atoms with van der Waals surface area (Å²) in [6.45, 7) is 4.21. The van der Waals surface area contributed by atoms with E-state index in [0.717, 1.165) is 42.9 Å². The fourth-order valence-electron chi connectivity index (χ4n) is 4.04. The second-order valence-electron chi connectivity index (χ2n) is 7.27. The summed E-state index contributed by atoms with van der Waals surface area (Å²) in [4.78, 5) is 21.7. The molecule has 1 aromatic carbocycles. The second kappa shape index (κ2) is 6.66. The van der Waals surface area contributed by atoms with Crippen LogP contribution in [0.15, 0.2) is 43.1 Å². The summed E-state index contributed by atoms with van der Waals surface area (Å²) < 4.78 is 0. The molecule has 0 radical (unpaired) electrons. The van der Waals surface area contributed by atoms with Crippen LogP contribution in [0.4, 0.5) is 5.82 Å². The summed E-state index contributed by atoms with van der Waals surface area (Å²) in [6.07, 6.45) is 7.46. The summed E-state index contributed by atoms with van der Waals surface area (Å²) in [5, 5.41) is 5.07. The summed E-state index contributed by atoms with van der Waals surface area (Å²) >= 11 is 0. The molecule has 1 aliphatic rings. The molecular weight excluding hydrogens is 338 g/mol. The number of anilines is 1. The van der Waals surface area contributed by atoms with Gasteiger partial charge in [0.1, 0.15) is 11.8 Å². The number of aromatic nitrogens is 5. The van der Waals surface area contributed by atoms with Gasteiger partial charge in [-0.1, -0.05) is 6.07 Å². The number of benzene rings is 1. The third-order valence-electron chi connectivity index (χ3n) is 5.56. The molecule has 4 heterocycles. The van der Waals surface area contributed by atoms with E-state index in [1.807, 2.05) is 6.20 Å². The lowest BCUT2D eigenvalue weighted by molar-refractivity contribution is 0.380. The molecule has 27 heavy (non-hydrogen) atoms. The molecule has 1 unspecified atom stereocenters. The van der Waals surface area contributed by atoms with Crippen LogP contribution in [0, 0.1) is 0 Å². The van der Waals surface area contributed by atoms with E-state index in [2.05, 4.69) is 66.3 Å². The van der Waals surface area contributed by atoms with Gasteiger partial charge in [0.05, 0.1) is 6.33 Å². The van der Waals surface area contributed by atoms with Crippen molar-refractivity contribution in [3.8, 4) is 0 Å². The molecule has 7 nitrogen and oxygen atoms in total. The van der Waals surface area contributed by atoms with Gasteiger partial charge >= 0.3 is 0 Å². The van der Waals surface area contributed by atoms with Gasteiger partial charge in [0, 0.05) is 36.9 Å². The van der Waals surface area contributed by atoms with Crippen molar-refractivity contribution in [3.63, 3.8) is 0 Å². The molecule has 1 fully saturated rings. The highest BCUT2D eigenvalue weighted by molar-refractivity contribution is 5.82. The Morgan fingerprint density at radius 1 is 1.11 bits per heavy atom. The third-order valence-corrected chi connectivity index (χ3v) is 5.56. The normalized spacial score (nSPS) is 17.0. The van der Waals surface area contributed by atoms with Gasteiger partial charge in [-0.3, -0.25) is 0 Å². The average molecular weight is 361 g/mol. The van der Waals surface area contributed by atoms with Crippen LogP contribution in [-0.4, -0.2) is 44.1 Å². The molecule has 3 aromatic heterocycles. The van der Waals surface area contributed by atoms with Gasteiger partial charge in [0.25, 0.3) is 0 Å². The minimum atomic E-state index is 0.333. The maximum atomic E-state index is 4.48. The van der Waals surface area contributed by atoms with Crippen LogP contribution in [-0.2, 0) is 0 Å². The minimum absolute atomic E-state index is 0.333. The zero-order chi connectivity index (χ0) is 18.2. The van der Waals surface area contributed by atoms with E-state index >= 15 is 0 Å². The molecule has 3 N–H and O–H groups in total. The number of nitrogens with one attached hydrogen (secondary N) is 3. The number of piperidine rings is 1. The zero-order valence-corrected chi connectivity index (χ0v) is 15.3. The first-order valence-electron chi connectivity index (χ1n) is 9.50. The molecule has 1 saturated heterocycles. The molecule has 1 atom stereocenters. The van der Waals surface area contributed by atoms with E-state index < -0.39 is 0 Å². The Balaban J connectivity index is 1.24. The van der Waals surface area contributed by atoms with Crippen LogP contribution in [0.25, 0.3) is 22.1 Å². The van der Waals surface area contributed by atoms with Crippen LogP contribution >= 0.6 is 0 Å². The first-order chi connectivity index (χ1) is 13.3. The van der Waals surface area contributed by atoms with Crippen molar-refractivity contribution < 1.29 is 0 Å². The zero-order valence-electron chi connectivity index (χ0n) is 15.3. The van der Waals surface area contributed by atoms with Crippen molar-refractivity contribution in [2.75, 3.05) is 18.0 Å². The molecule has 0 saturated carbocycles. The maximum absolute atomic E-state index is 4.48. The Morgan fingerprint density at radius 2 is 2.00 bits per heavy atom. The largest absolute Gasteiger partial charge is 0.361 e. The topological polar surface area (TPSA) is 85.5 Å². The molecule has 0 amide bonds. The number of H-pyrrole nitrogens is 2. The highest BCUT2D eigenvalue weighted by Gasteiger charge is 2.23. The number of rotatable bonds is 4. The van der Waals surface area contributed by atoms with Crippen LogP contribution in [0.2, 0.25) is 0 Å². The SMILES string of the molecule is CC(NC1CCN(c2ncnc3nc[nH]c23)CC1)c1ccc2[nH]ccc2c1. The van der Waals surface area contributed by atoms with Crippen molar-refractivity contribution in [2.24, 2.45) is 0 Å². The molecule has 5 rings (SSSR count). The Hall–Kier alpha value is -2.93. The standard InChI is InChI=1S/C20H23N7/c1-13(14-2-3-17-15(10-14)4-7-21-17)26-16-5-8-27(9-6-16)20-18-19(23-11-22-18)24-12-25-20/h2-4,7,10-13,16,21,26H,5-6,8-9H2,1H3,(H,22,23,24,25). The molecule has 0 bridgehead atoms. The van der Waals surface area contributed by atoms with Gasteiger partial charge in [-0.25, -0.2) is 15.0 Å². The Bertz CT molecular complexity index is 1060. The lowest BCUT2D eigenvalue weighted by Gasteiger charge is -2.34. The van der Waals surface area contributed by atoms with Crippen molar-refractivity contribution in [3.05, 3.63) is 48.7 Å². The van der Waals surface area contributed by atoms with Crippen molar-refractivity contribution in [1.82, 2.24) is 30.2 Å². The van der Waals surface area contributed by atoms with E-state index in [4.69, 9.17) is 0 Å². The van der Waals surface area contributed by atoms with E-state index in [1.165, 1.54) is 16.5 Å². The number of aromatic amines is 2. The van der Waals surface area contributed by atoms with Crippen LogP contribution in [0.1, 0.15) is 31.4 Å². The van der Waals surface area contributed by atoms with Crippen LogP contribution < -0.4 is 10.2 Å². The molecular formula is C20H23N7. The molecule has 0 spiro atoms. The fraction of sp³-hybridized carbons (Fsp3) is 0.350. The first-order valence-corrected chi connectivity index (χ1v) is 9.50. The summed E-state index contributed by atoms with van der Waals surface area (Å²) in [5.74, 6) is 0.960. The van der Waals surface area contributed by atoms with Crippen molar-refractivity contribution in [1.29, 1.82) is 0 Å². The Labute approximate surface area is 157 Å². The summed E-state index contributed by atoms with van der Waals surface area (Å²) in [7, 11) is 0.